The first-order chi connectivity index (χ1) is 12.2. The van der Waals surface area contributed by atoms with Gasteiger partial charge in [0.1, 0.15) is 0 Å². The van der Waals surface area contributed by atoms with Gasteiger partial charge in [0.2, 0.25) is 0 Å². The summed E-state index contributed by atoms with van der Waals surface area (Å²) in [6, 6.07) is 5.12. The van der Waals surface area contributed by atoms with Gasteiger partial charge in [-0.05, 0) is 73.1 Å². The molecule has 0 bridgehead atoms. The van der Waals surface area contributed by atoms with Crippen molar-refractivity contribution in [3.8, 4) is 0 Å². The van der Waals surface area contributed by atoms with Gasteiger partial charge >= 0.3 is 6.03 Å². The second-order valence-corrected chi connectivity index (χ2v) is 9.64. The lowest BCUT2D eigenvalue weighted by Gasteiger charge is -2.47. The highest BCUT2D eigenvalue weighted by atomic mass is 16.5. The van der Waals surface area contributed by atoms with Gasteiger partial charge < -0.3 is 20.3 Å². The summed E-state index contributed by atoms with van der Waals surface area (Å²) in [5.41, 5.74) is 0.940. The molecule has 1 aliphatic rings. The Morgan fingerprint density at radius 1 is 1.07 bits per heavy atom. The van der Waals surface area contributed by atoms with Gasteiger partial charge in [-0.25, -0.2) is 4.79 Å². The van der Waals surface area contributed by atoms with Gasteiger partial charge in [-0.3, -0.25) is 4.79 Å². The first kappa shape index (κ1) is 21.2. The van der Waals surface area contributed by atoms with E-state index in [1.165, 1.54) is 0 Å². The van der Waals surface area contributed by atoms with Gasteiger partial charge in [-0.15, -0.1) is 0 Å². The average Bonchev–Trinajstić information content (AvgIpc) is 2.43. The van der Waals surface area contributed by atoms with E-state index >= 15 is 0 Å². The maximum Gasteiger partial charge on any atom is 0.319 e. The topological polar surface area (TPSA) is 70.7 Å². The second kappa shape index (κ2) is 7.15. The summed E-state index contributed by atoms with van der Waals surface area (Å²) in [6.07, 6.45) is 0. The molecule has 0 saturated carbocycles. The third-order valence-corrected chi connectivity index (χ3v) is 4.20. The molecule has 6 nitrogen and oxygen atoms in total. The fourth-order valence-corrected chi connectivity index (χ4v) is 3.50. The molecule has 1 aromatic rings. The largest absolute Gasteiger partial charge is 0.366 e. The molecular formula is C21H33N3O3. The molecule has 0 spiro atoms. The number of nitrogens with zero attached hydrogens (tertiary/aromatic N) is 1. The van der Waals surface area contributed by atoms with Crippen molar-refractivity contribution in [1.82, 2.24) is 10.2 Å². The van der Waals surface area contributed by atoms with E-state index in [1.54, 1.807) is 12.1 Å². The highest BCUT2D eigenvalue weighted by molar-refractivity contribution is 5.97. The molecule has 0 radical (unpaired) electrons. The van der Waals surface area contributed by atoms with E-state index in [9.17, 15) is 9.59 Å². The average molecular weight is 376 g/mol. The molecule has 0 aromatic heterocycles. The molecule has 6 heteroatoms. The molecule has 0 atom stereocenters. The highest BCUT2D eigenvalue weighted by Gasteiger charge is 2.40. The smallest absolute Gasteiger partial charge is 0.319 e. The third kappa shape index (κ3) is 5.96. The maximum absolute atomic E-state index is 13.1. The number of benzene rings is 1. The van der Waals surface area contributed by atoms with Gasteiger partial charge in [-0.1, -0.05) is 6.07 Å². The lowest BCUT2D eigenvalue weighted by atomic mass is 9.98. The van der Waals surface area contributed by atoms with E-state index in [4.69, 9.17) is 4.74 Å². The Balaban J connectivity index is 2.21. The van der Waals surface area contributed by atoms with E-state index in [2.05, 4.69) is 10.6 Å². The number of aryl methyl sites for hydroxylation is 1. The number of carbonyl (C=O) groups excluding carboxylic acids is 2. The molecule has 3 amide bonds. The first-order valence-electron chi connectivity index (χ1n) is 9.37. The number of ether oxygens (including phenoxy) is 1. The van der Waals surface area contributed by atoms with Crippen LogP contribution in [0.2, 0.25) is 0 Å². The zero-order chi connectivity index (χ0) is 20.6. The van der Waals surface area contributed by atoms with Crippen LogP contribution in [-0.2, 0) is 4.74 Å². The minimum Gasteiger partial charge on any atom is -0.366 e. The standard InChI is InChI=1S/C21H33N3O3/c1-14-9-10-15(11-16(14)22-18(26)23-19(2,3)4)17(25)24-12-20(5,6)27-21(7,8)13-24/h9-11H,12-13H2,1-8H3,(H2,22,23,26). The van der Waals surface area contributed by atoms with Crippen LogP contribution in [0, 0.1) is 6.92 Å². The van der Waals surface area contributed by atoms with Crippen molar-refractivity contribution in [2.75, 3.05) is 18.4 Å². The number of hydrogen-bond acceptors (Lipinski definition) is 3. The summed E-state index contributed by atoms with van der Waals surface area (Å²) in [5, 5.41) is 5.72. The molecule has 1 aliphatic heterocycles. The van der Waals surface area contributed by atoms with Crippen LogP contribution in [0.15, 0.2) is 18.2 Å². The number of amides is 3. The van der Waals surface area contributed by atoms with E-state index in [0.29, 0.717) is 24.3 Å². The Kier molecular flexibility index (Phi) is 5.62. The van der Waals surface area contributed by atoms with Gasteiger partial charge in [0.05, 0.1) is 11.2 Å². The van der Waals surface area contributed by atoms with Crippen molar-refractivity contribution in [2.45, 2.75) is 72.1 Å². The fraction of sp³-hybridized carbons (Fsp3) is 0.619. The van der Waals surface area contributed by atoms with Gasteiger partial charge in [0, 0.05) is 29.9 Å². The Bertz CT molecular complexity index is 717. The fourth-order valence-electron chi connectivity index (χ4n) is 3.50. The molecule has 0 unspecified atom stereocenters. The van der Waals surface area contributed by atoms with Crippen LogP contribution in [0.3, 0.4) is 0 Å². The highest BCUT2D eigenvalue weighted by Crippen LogP contribution is 2.29. The Morgan fingerprint density at radius 2 is 1.63 bits per heavy atom. The summed E-state index contributed by atoms with van der Waals surface area (Å²) in [7, 11) is 0. The number of anilines is 1. The van der Waals surface area contributed by atoms with E-state index in [0.717, 1.165) is 5.56 Å². The monoisotopic (exact) mass is 375 g/mol. The van der Waals surface area contributed by atoms with Crippen molar-refractivity contribution in [1.29, 1.82) is 0 Å². The number of morpholine rings is 1. The predicted octanol–water partition coefficient (Wildman–Crippen LogP) is 3.94. The van der Waals surface area contributed by atoms with Crippen LogP contribution < -0.4 is 10.6 Å². The van der Waals surface area contributed by atoms with Crippen LogP contribution in [0.5, 0.6) is 0 Å². The predicted molar refractivity (Wildman–Crippen MR) is 108 cm³/mol. The lowest BCUT2D eigenvalue weighted by Crippen LogP contribution is -2.58. The van der Waals surface area contributed by atoms with Gasteiger partial charge in [0.25, 0.3) is 5.91 Å². The SMILES string of the molecule is Cc1ccc(C(=O)N2CC(C)(C)OC(C)(C)C2)cc1NC(=O)NC(C)(C)C. The molecule has 0 aliphatic carbocycles. The molecule has 1 saturated heterocycles. The van der Waals surface area contributed by atoms with Gasteiger partial charge in [0.15, 0.2) is 0 Å². The van der Waals surface area contributed by atoms with Crippen LogP contribution in [-0.4, -0.2) is 46.7 Å². The van der Waals surface area contributed by atoms with Crippen molar-refractivity contribution >= 4 is 17.6 Å². The minimum absolute atomic E-state index is 0.0567. The quantitative estimate of drug-likeness (QED) is 0.822. The zero-order valence-corrected chi connectivity index (χ0v) is 17.8. The summed E-state index contributed by atoms with van der Waals surface area (Å²) in [4.78, 5) is 27.1. The molecular weight excluding hydrogens is 342 g/mol. The van der Waals surface area contributed by atoms with E-state index in [-0.39, 0.29) is 17.5 Å². The normalized spacial score (nSPS) is 18.7. The summed E-state index contributed by atoms with van der Waals surface area (Å²) < 4.78 is 6.06. The Morgan fingerprint density at radius 3 is 2.15 bits per heavy atom. The summed E-state index contributed by atoms with van der Waals surface area (Å²) in [5.74, 6) is -0.0567. The number of rotatable bonds is 2. The van der Waals surface area contributed by atoms with Crippen molar-refractivity contribution < 1.29 is 14.3 Å². The van der Waals surface area contributed by atoms with Crippen LogP contribution in [0.4, 0.5) is 10.5 Å². The minimum atomic E-state index is -0.407. The zero-order valence-electron chi connectivity index (χ0n) is 17.8. The molecule has 150 valence electrons. The van der Waals surface area contributed by atoms with Crippen LogP contribution in [0.25, 0.3) is 0 Å². The molecule has 27 heavy (non-hydrogen) atoms. The van der Waals surface area contributed by atoms with Crippen LogP contribution >= 0.6 is 0 Å². The lowest BCUT2D eigenvalue weighted by molar-refractivity contribution is -0.171. The number of urea groups is 1. The number of carbonyl (C=O) groups is 2. The third-order valence-electron chi connectivity index (χ3n) is 4.20. The Labute approximate surface area is 162 Å². The summed E-state index contributed by atoms with van der Waals surface area (Å²) in [6.45, 7) is 16.7. The van der Waals surface area contributed by atoms with Crippen molar-refractivity contribution in [2.24, 2.45) is 0 Å². The number of nitrogens with one attached hydrogen (secondary N) is 2. The molecule has 2 rings (SSSR count). The molecule has 2 N–H and O–H groups in total. The molecule has 1 fully saturated rings. The van der Waals surface area contributed by atoms with Crippen LogP contribution in [0.1, 0.15) is 64.4 Å². The van der Waals surface area contributed by atoms with Crippen molar-refractivity contribution in [3.63, 3.8) is 0 Å². The molecule has 1 heterocycles. The molecule has 1 aromatic carbocycles. The number of hydrogen-bond donors (Lipinski definition) is 2. The van der Waals surface area contributed by atoms with E-state index in [1.807, 2.05) is 66.4 Å². The van der Waals surface area contributed by atoms with E-state index < -0.39 is 11.2 Å². The summed E-state index contributed by atoms with van der Waals surface area (Å²) >= 11 is 0. The Hall–Kier alpha value is -2.08. The van der Waals surface area contributed by atoms with Gasteiger partial charge in [-0.2, -0.15) is 0 Å². The first-order valence-corrected chi connectivity index (χ1v) is 9.37. The second-order valence-electron chi connectivity index (χ2n) is 9.64. The van der Waals surface area contributed by atoms with Crippen molar-refractivity contribution in [3.05, 3.63) is 29.3 Å². The maximum atomic E-state index is 13.1.